The molecule has 1 aromatic heterocycles. The van der Waals surface area contributed by atoms with Crippen LogP contribution in [0.2, 0.25) is 0 Å². The number of hydrogen-bond donors (Lipinski definition) is 0. The Morgan fingerprint density at radius 2 is 2.04 bits per heavy atom. The molecule has 0 aliphatic carbocycles. The van der Waals surface area contributed by atoms with Gasteiger partial charge in [-0.25, -0.2) is 4.79 Å². The van der Waals surface area contributed by atoms with Crippen molar-refractivity contribution >= 4 is 17.6 Å². The second-order valence-electron chi connectivity index (χ2n) is 6.83. The van der Waals surface area contributed by atoms with Gasteiger partial charge in [0.25, 0.3) is 5.89 Å². The number of rotatable bonds is 6. The third-order valence-electron chi connectivity index (χ3n) is 4.17. The molecule has 3 rings (SSSR count). The molecule has 0 spiro atoms. The van der Waals surface area contributed by atoms with E-state index < -0.39 is 5.97 Å². The number of anilines is 1. The smallest absolute Gasteiger partial charge is 0.338 e. The largest absolute Gasteiger partial charge is 0.452 e. The van der Waals surface area contributed by atoms with E-state index in [0.29, 0.717) is 30.1 Å². The molecule has 1 fully saturated rings. The lowest BCUT2D eigenvalue weighted by atomic mass is 10.1. The van der Waals surface area contributed by atoms with Crippen molar-refractivity contribution in [1.29, 1.82) is 0 Å². The van der Waals surface area contributed by atoms with Gasteiger partial charge in [0.2, 0.25) is 5.91 Å². The van der Waals surface area contributed by atoms with E-state index in [1.165, 1.54) is 0 Å². The van der Waals surface area contributed by atoms with Gasteiger partial charge in [-0.05, 0) is 43.0 Å². The van der Waals surface area contributed by atoms with Gasteiger partial charge in [-0.3, -0.25) is 4.79 Å². The number of ether oxygens (including phenoxy) is 1. The van der Waals surface area contributed by atoms with Crippen LogP contribution in [-0.4, -0.2) is 28.6 Å². The Balaban J connectivity index is 1.56. The summed E-state index contributed by atoms with van der Waals surface area (Å²) < 4.78 is 10.3. The van der Waals surface area contributed by atoms with Gasteiger partial charge in [-0.1, -0.05) is 19.0 Å². The first-order chi connectivity index (χ1) is 12.5. The topological polar surface area (TPSA) is 85.5 Å². The summed E-state index contributed by atoms with van der Waals surface area (Å²) in [6, 6.07) is 6.87. The predicted octanol–water partition coefficient (Wildman–Crippen LogP) is 3.14. The van der Waals surface area contributed by atoms with E-state index in [9.17, 15) is 9.59 Å². The van der Waals surface area contributed by atoms with Crippen molar-refractivity contribution in [2.75, 3.05) is 11.4 Å². The standard InChI is InChI=1S/C19H23N3O4/c1-13(2)11-16-20-17(26-21-16)12-25-19(24)14-6-8-15(9-7-14)22-10-4-3-5-18(22)23/h6-9,13H,3-5,10-12H2,1-2H3. The van der Waals surface area contributed by atoms with Crippen molar-refractivity contribution < 1.29 is 18.8 Å². The zero-order valence-electron chi connectivity index (χ0n) is 15.1. The average molecular weight is 357 g/mol. The van der Waals surface area contributed by atoms with Crippen LogP contribution in [0.15, 0.2) is 28.8 Å². The number of esters is 1. The first-order valence-corrected chi connectivity index (χ1v) is 8.92. The molecule has 0 unspecified atom stereocenters. The van der Waals surface area contributed by atoms with Crippen molar-refractivity contribution in [1.82, 2.24) is 10.1 Å². The van der Waals surface area contributed by atoms with Gasteiger partial charge in [0.1, 0.15) is 0 Å². The van der Waals surface area contributed by atoms with Gasteiger partial charge in [-0.2, -0.15) is 4.98 Å². The molecule has 0 atom stereocenters. The Morgan fingerprint density at radius 1 is 1.27 bits per heavy atom. The van der Waals surface area contributed by atoms with Gasteiger partial charge >= 0.3 is 5.97 Å². The van der Waals surface area contributed by atoms with Crippen LogP contribution in [0.5, 0.6) is 0 Å². The van der Waals surface area contributed by atoms with Crippen molar-refractivity contribution in [3.05, 3.63) is 41.5 Å². The quantitative estimate of drug-likeness (QED) is 0.738. The van der Waals surface area contributed by atoms with Crippen molar-refractivity contribution in [3.63, 3.8) is 0 Å². The third-order valence-corrected chi connectivity index (χ3v) is 4.17. The van der Waals surface area contributed by atoms with Crippen LogP contribution in [0.4, 0.5) is 5.69 Å². The highest BCUT2D eigenvalue weighted by Gasteiger charge is 2.20. The summed E-state index contributed by atoms with van der Waals surface area (Å²) >= 11 is 0. The summed E-state index contributed by atoms with van der Waals surface area (Å²) in [5.41, 5.74) is 1.22. The van der Waals surface area contributed by atoms with Gasteiger partial charge < -0.3 is 14.2 Å². The van der Waals surface area contributed by atoms with Crippen LogP contribution in [-0.2, 0) is 22.6 Å². The Bertz CT molecular complexity index is 767. The zero-order valence-corrected chi connectivity index (χ0v) is 15.1. The lowest BCUT2D eigenvalue weighted by Gasteiger charge is -2.26. The molecule has 0 radical (unpaired) electrons. The van der Waals surface area contributed by atoms with Crippen LogP contribution in [0.25, 0.3) is 0 Å². The van der Waals surface area contributed by atoms with Gasteiger partial charge in [-0.15, -0.1) is 0 Å². The maximum Gasteiger partial charge on any atom is 0.338 e. The van der Waals surface area contributed by atoms with Crippen molar-refractivity contribution in [2.45, 2.75) is 46.1 Å². The summed E-state index contributed by atoms with van der Waals surface area (Å²) in [6.07, 6.45) is 3.23. The Morgan fingerprint density at radius 3 is 2.73 bits per heavy atom. The SMILES string of the molecule is CC(C)Cc1noc(COC(=O)c2ccc(N3CCCCC3=O)cc2)n1. The molecule has 138 valence electrons. The van der Waals surface area contributed by atoms with Gasteiger partial charge in [0.05, 0.1) is 5.56 Å². The summed E-state index contributed by atoms with van der Waals surface area (Å²) in [5, 5.41) is 3.86. The van der Waals surface area contributed by atoms with E-state index in [0.717, 1.165) is 25.1 Å². The number of hydrogen-bond acceptors (Lipinski definition) is 6. The monoisotopic (exact) mass is 357 g/mol. The van der Waals surface area contributed by atoms with Crippen LogP contribution >= 0.6 is 0 Å². The van der Waals surface area contributed by atoms with Crippen molar-refractivity contribution in [2.24, 2.45) is 5.92 Å². The molecule has 0 N–H and O–H groups in total. The molecule has 2 heterocycles. The minimum atomic E-state index is -0.467. The van der Waals surface area contributed by atoms with E-state index in [1.54, 1.807) is 29.2 Å². The third kappa shape index (κ3) is 4.47. The second kappa shape index (κ2) is 8.12. The molecular formula is C19H23N3O4. The molecule has 1 aliphatic rings. The fraction of sp³-hybridized carbons (Fsp3) is 0.474. The second-order valence-corrected chi connectivity index (χ2v) is 6.83. The van der Waals surface area contributed by atoms with E-state index in [1.807, 2.05) is 0 Å². The lowest BCUT2D eigenvalue weighted by Crippen LogP contribution is -2.35. The summed E-state index contributed by atoms with van der Waals surface area (Å²) in [4.78, 5) is 30.1. The molecule has 1 aromatic carbocycles. The first kappa shape index (κ1) is 18.1. The fourth-order valence-corrected chi connectivity index (χ4v) is 2.86. The molecular weight excluding hydrogens is 334 g/mol. The minimum Gasteiger partial charge on any atom is -0.452 e. The number of benzene rings is 1. The highest BCUT2D eigenvalue weighted by molar-refractivity contribution is 5.95. The molecule has 1 saturated heterocycles. The molecule has 26 heavy (non-hydrogen) atoms. The van der Waals surface area contributed by atoms with Gasteiger partial charge in [0, 0.05) is 25.1 Å². The highest BCUT2D eigenvalue weighted by atomic mass is 16.6. The van der Waals surface area contributed by atoms with E-state index >= 15 is 0 Å². The Labute approximate surface area is 152 Å². The average Bonchev–Trinajstić information content (AvgIpc) is 3.07. The Hall–Kier alpha value is -2.70. The molecule has 0 saturated carbocycles. The molecule has 1 amide bonds. The van der Waals surface area contributed by atoms with Gasteiger partial charge in [0.15, 0.2) is 12.4 Å². The number of amides is 1. The normalized spacial score (nSPS) is 14.7. The van der Waals surface area contributed by atoms with Crippen LogP contribution in [0.3, 0.4) is 0 Å². The number of piperidine rings is 1. The number of aromatic nitrogens is 2. The van der Waals surface area contributed by atoms with E-state index in [4.69, 9.17) is 9.26 Å². The van der Waals surface area contributed by atoms with Crippen LogP contribution in [0, 0.1) is 5.92 Å². The highest BCUT2D eigenvalue weighted by Crippen LogP contribution is 2.21. The summed E-state index contributed by atoms with van der Waals surface area (Å²) in [5.74, 6) is 0.977. The number of nitrogens with zero attached hydrogens (tertiary/aromatic N) is 3. The maximum absolute atomic E-state index is 12.2. The van der Waals surface area contributed by atoms with E-state index in [-0.39, 0.29) is 18.4 Å². The predicted molar refractivity (Wildman–Crippen MR) is 94.6 cm³/mol. The molecule has 1 aliphatic heterocycles. The fourth-order valence-electron chi connectivity index (χ4n) is 2.86. The molecule has 2 aromatic rings. The molecule has 0 bridgehead atoms. The first-order valence-electron chi connectivity index (χ1n) is 8.92. The summed E-state index contributed by atoms with van der Waals surface area (Å²) in [6.45, 7) is 4.79. The minimum absolute atomic E-state index is 0.0592. The summed E-state index contributed by atoms with van der Waals surface area (Å²) in [7, 11) is 0. The van der Waals surface area contributed by atoms with E-state index in [2.05, 4.69) is 24.0 Å². The van der Waals surface area contributed by atoms with Crippen LogP contribution < -0.4 is 4.90 Å². The maximum atomic E-state index is 12.2. The number of carbonyl (C=O) groups excluding carboxylic acids is 2. The van der Waals surface area contributed by atoms with Crippen LogP contribution in [0.1, 0.15) is 55.2 Å². The molecule has 7 heteroatoms. The lowest BCUT2D eigenvalue weighted by molar-refractivity contribution is -0.119. The Kier molecular flexibility index (Phi) is 5.65. The number of carbonyl (C=O) groups is 2. The van der Waals surface area contributed by atoms with Crippen molar-refractivity contribution in [3.8, 4) is 0 Å². The molecule has 7 nitrogen and oxygen atoms in total. The zero-order chi connectivity index (χ0) is 18.5.